The van der Waals surface area contributed by atoms with Crippen molar-refractivity contribution in [3.63, 3.8) is 0 Å². The van der Waals surface area contributed by atoms with Crippen molar-refractivity contribution in [3.05, 3.63) is 104 Å². The van der Waals surface area contributed by atoms with E-state index in [1.165, 1.54) is 21.9 Å². The van der Waals surface area contributed by atoms with Crippen molar-refractivity contribution >= 4 is 52.1 Å². The molecular formula is C23H27Cl2SiZr. The number of halogens is 2. The maximum atomic E-state index is 3.15. The minimum atomic E-state index is 0. The van der Waals surface area contributed by atoms with Gasteiger partial charge < -0.3 is 7.43 Å². The summed E-state index contributed by atoms with van der Waals surface area (Å²) >= 11 is 0. The van der Waals surface area contributed by atoms with Crippen molar-refractivity contribution < 1.29 is 26.2 Å². The van der Waals surface area contributed by atoms with Gasteiger partial charge in [0.15, 0.2) is 0 Å². The van der Waals surface area contributed by atoms with Crippen LogP contribution < -0.4 is 0 Å². The van der Waals surface area contributed by atoms with E-state index < -0.39 is 0 Å². The van der Waals surface area contributed by atoms with Crippen molar-refractivity contribution in [2.45, 2.75) is 20.3 Å². The van der Waals surface area contributed by atoms with Crippen molar-refractivity contribution in [2.75, 3.05) is 0 Å². The smallest absolute Gasteiger partial charge is 0.358 e. The first kappa shape index (κ1) is 33.8. The number of hydrogen-bond acceptors (Lipinski definition) is 0. The van der Waals surface area contributed by atoms with Crippen molar-refractivity contribution in [2.24, 2.45) is 0 Å². The largest absolute Gasteiger partial charge is 3.00 e. The molecule has 0 heterocycles. The molecule has 1 aliphatic carbocycles. The average Bonchev–Trinajstić information content (AvgIpc) is 3.30. The van der Waals surface area contributed by atoms with E-state index >= 15 is 0 Å². The van der Waals surface area contributed by atoms with Gasteiger partial charge in [0.25, 0.3) is 0 Å². The van der Waals surface area contributed by atoms with Gasteiger partial charge in [-0.1, -0.05) is 50.2 Å². The summed E-state index contributed by atoms with van der Waals surface area (Å²) in [7, 11) is 0. The van der Waals surface area contributed by atoms with E-state index in [1.807, 2.05) is 19.9 Å². The Balaban J connectivity index is -0.000000155. The van der Waals surface area contributed by atoms with E-state index in [0.29, 0.717) is 0 Å². The van der Waals surface area contributed by atoms with Crippen LogP contribution in [-0.4, -0.2) is 11.0 Å². The fourth-order valence-corrected chi connectivity index (χ4v) is 2.30. The molecule has 4 heteroatoms. The molecule has 141 valence electrons. The first-order chi connectivity index (χ1) is 10.9. The van der Waals surface area contributed by atoms with Gasteiger partial charge in [-0.3, -0.25) is 6.08 Å². The first-order valence-electron chi connectivity index (χ1n) is 7.86. The zero-order valence-electron chi connectivity index (χ0n) is 16.1. The van der Waals surface area contributed by atoms with Crippen LogP contribution in [0.2, 0.25) is 0 Å². The van der Waals surface area contributed by atoms with E-state index in [9.17, 15) is 0 Å². The molecule has 0 atom stereocenters. The third-order valence-corrected chi connectivity index (χ3v) is 3.35. The van der Waals surface area contributed by atoms with Crippen LogP contribution in [0.3, 0.4) is 0 Å². The minimum Gasteiger partial charge on any atom is -0.358 e. The van der Waals surface area contributed by atoms with E-state index in [0.717, 1.165) is 6.42 Å². The van der Waals surface area contributed by atoms with E-state index in [1.54, 1.807) is 0 Å². The second-order valence-corrected chi connectivity index (χ2v) is 4.73. The monoisotopic (exact) mass is 491 g/mol. The predicted octanol–water partition coefficient (Wildman–Crippen LogP) is 7.33. The first-order valence-corrected chi connectivity index (χ1v) is 7.86. The van der Waals surface area contributed by atoms with Crippen LogP contribution in [0.5, 0.6) is 0 Å². The molecule has 4 rings (SSSR count). The molecule has 0 aliphatic heterocycles. The summed E-state index contributed by atoms with van der Waals surface area (Å²) in [4.78, 5) is 0. The van der Waals surface area contributed by atoms with Gasteiger partial charge in [0, 0.05) is 11.0 Å². The molecular weight excluding hydrogens is 466 g/mol. The van der Waals surface area contributed by atoms with Gasteiger partial charge in [0.2, 0.25) is 0 Å². The fraction of sp³-hybridized carbons (Fsp3) is 0.130. The Morgan fingerprint density at radius 1 is 0.852 bits per heavy atom. The fourth-order valence-electron chi connectivity index (χ4n) is 2.30. The average molecular weight is 494 g/mol. The van der Waals surface area contributed by atoms with Crippen LogP contribution in [0.4, 0.5) is 0 Å². The normalized spacial score (nSPS) is 9.78. The van der Waals surface area contributed by atoms with Crippen molar-refractivity contribution in [3.8, 4) is 0 Å². The molecule has 0 spiro atoms. The van der Waals surface area contributed by atoms with Crippen LogP contribution in [0.15, 0.2) is 84.9 Å². The van der Waals surface area contributed by atoms with Crippen LogP contribution in [0.1, 0.15) is 25.8 Å². The van der Waals surface area contributed by atoms with Crippen molar-refractivity contribution in [1.82, 2.24) is 0 Å². The van der Waals surface area contributed by atoms with E-state index in [4.69, 9.17) is 0 Å². The Labute approximate surface area is 201 Å². The summed E-state index contributed by atoms with van der Waals surface area (Å²) in [6.07, 6.45) is 8.36. The summed E-state index contributed by atoms with van der Waals surface area (Å²) in [6, 6.07) is 25.1. The second-order valence-electron chi connectivity index (χ2n) is 4.73. The minimum absolute atomic E-state index is 0. The molecule has 0 saturated heterocycles. The van der Waals surface area contributed by atoms with Crippen molar-refractivity contribution in [1.29, 1.82) is 0 Å². The maximum absolute atomic E-state index is 3.15. The maximum Gasteiger partial charge on any atom is 3.00 e. The number of fused-ring (bicyclic) bond motifs is 1. The zero-order chi connectivity index (χ0) is 15.6. The van der Waals surface area contributed by atoms with Gasteiger partial charge in [-0.05, 0) is 0 Å². The van der Waals surface area contributed by atoms with Gasteiger partial charge in [0.1, 0.15) is 0 Å². The third kappa shape index (κ3) is 11.0. The van der Waals surface area contributed by atoms with Gasteiger partial charge in [-0.2, -0.15) is 29.2 Å². The van der Waals surface area contributed by atoms with E-state index in [-0.39, 0.29) is 69.4 Å². The van der Waals surface area contributed by atoms with Gasteiger partial charge in [-0.15, -0.1) is 66.5 Å². The van der Waals surface area contributed by atoms with Gasteiger partial charge in [0.05, 0.1) is 0 Å². The molecule has 1 aliphatic rings. The molecule has 3 aromatic carbocycles. The summed E-state index contributed by atoms with van der Waals surface area (Å²) in [5.41, 5.74) is 2.59. The number of benzene rings is 2. The van der Waals surface area contributed by atoms with Crippen LogP contribution >= 0.6 is 24.8 Å². The third-order valence-electron chi connectivity index (χ3n) is 3.35. The topological polar surface area (TPSA) is 0 Å². The standard InChI is InChI=1S/C11H9.C9H7.C2H6.CH3.2ClH.Si.Zr/c1-2-6-10(7-3-1)11-8-4-5-9-11;1-2-5-9-7-3-6-8(9)4-1;1-2;;;;;/h1-3,6-9H,4H2;1-7H;1-2H3;1H3;2*1H;;/q2*-1;;-1;;;;+3. The van der Waals surface area contributed by atoms with Gasteiger partial charge >= 0.3 is 26.2 Å². The van der Waals surface area contributed by atoms with E-state index in [2.05, 4.69) is 85.0 Å². The second kappa shape index (κ2) is 20.0. The molecule has 27 heavy (non-hydrogen) atoms. The number of hydrogen-bond donors (Lipinski definition) is 0. The molecule has 0 unspecified atom stereocenters. The Hall–Kier alpha value is -0.790. The van der Waals surface area contributed by atoms with Crippen LogP contribution in [-0.2, 0) is 26.2 Å². The van der Waals surface area contributed by atoms with Crippen LogP contribution in [0, 0.1) is 13.5 Å². The Kier molecular flexibility index (Phi) is 25.0. The van der Waals surface area contributed by atoms with Gasteiger partial charge in [-0.25, -0.2) is 6.08 Å². The molecule has 0 amide bonds. The Morgan fingerprint density at radius 2 is 1.44 bits per heavy atom. The molecule has 0 nitrogen and oxygen atoms in total. The molecule has 5 radical (unpaired) electrons. The molecule has 0 aromatic heterocycles. The molecule has 3 aromatic rings. The summed E-state index contributed by atoms with van der Waals surface area (Å²) in [6.45, 7) is 4.00. The Bertz CT molecular complexity index is 719. The summed E-state index contributed by atoms with van der Waals surface area (Å²) in [5.74, 6) is 0. The summed E-state index contributed by atoms with van der Waals surface area (Å²) in [5, 5.41) is 2.66. The zero-order valence-corrected chi connectivity index (χ0v) is 21.2. The predicted molar refractivity (Wildman–Crippen MR) is 124 cm³/mol. The Morgan fingerprint density at radius 3 is 2.00 bits per heavy atom. The quantitative estimate of drug-likeness (QED) is 0.246. The summed E-state index contributed by atoms with van der Waals surface area (Å²) < 4.78 is 0. The van der Waals surface area contributed by atoms with Crippen LogP contribution in [0.25, 0.3) is 16.3 Å². The molecule has 0 bridgehead atoms. The molecule has 0 fully saturated rings. The molecule has 0 N–H and O–H groups in total. The SMILES string of the molecule is CC.Cl.Cl.[C-]1=CC(c2ccccc2)=CC1.[CH3-].[Si].[Zr+3].c1ccc2[cH-]ccc2c1. The molecule has 0 saturated carbocycles. The number of allylic oxidation sites excluding steroid dienone is 4. The number of rotatable bonds is 1.